The molecule has 4 rings (SSSR count). The molecule has 1 aromatic heterocycles. The number of fused-ring (bicyclic) bond motifs is 5. The minimum absolute atomic E-state index is 0.0168. The van der Waals surface area contributed by atoms with E-state index in [1.54, 1.807) is 6.33 Å². The average Bonchev–Trinajstić information content (AvgIpc) is 2.85. The van der Waals surface area contributed by atoms with E-state index in [0.717, 1.165) is 23.4 Å². The van der Waals surface area contributed by atoms with Crippen LogP contribution >= 0.6 is 0 Å². The Balaban J connectivity index is 1.90. The van der Waals surface area contributed by atoms with Crippen molar-refractivity contribution < 1.29 is 14.3 Å². The van der Waals surface area contributed by atoms with Crippen LogP contribution in [0.2, 0.25) is 0 Å². The van der Waals surface area contributed by atoms with E-state index >= 15 is 0 Å². The molecule has 3 heterocycles. The van der Waals surface area contributed by atoms with Gasteiger partial charge in [0.25, 0.3) is 5.91 Å². The quantitative estimate of drug-likeness (QED) is 0.749. The predicted octanol–water partition coefficient (Wildman–Crippen LogP) is 3.04. The standard InChI is InChI=1S/C19H21N3O3/c1-11-6-5-7-12-14(11)17(23)21-9-8-13(21)16-15(20-10-22(12)16)18(24)25-19(2,3)4/h5-7,10,13H,8-9H2,1-4H3/t13-/m0/s1. The molecule has 130 valence electrons. The lowest BCUT2D eigenvalue weighted by atomic mass is 9.97. The Bertz CT molecular complexity index is 892. The minimum atomic E-state index is -0.595. The van der Waals surface area contributed by atoms with E-state index in [1.165, 1.54) is 0 Å². The lowest BCUT2D eigenvalue weighted by molar-refractivity contribution is 0.00536. The van der Waals surface area contributed by atoms with Gasteiger partial charge in [0.1, 0.15) is 11.9 Å². The zero-order chi connectivity index (χ0) is 17.9. The molecule has 1 fully saturated rings. The van der Waals surface area contributed by atoms with Crippen molar-refractivity contribution in [1.82, 2.24) is 14.5 Å². The van der Waals surface area contributed by atoms with Crippen molar-refractivity contribution in [2.24, 2.45) is 0 Å². The van der Waals surface area contributed by atoms with Gasteiger partial charge in [-0.3, -0.25) is 9.36 Å². The fourth-order valence-corrected chi connectivity index (χ4v) is 3.54. The molecule has 1 aromatic carbocycles. The Morgan fingerprint density at radius 3 is 2.72 bits per heavy atom. The minimum Gasteiger partial charge on any atom is -0.455 e. The molecular weight excluding hydrogens is 318 g/mol. The molecule has 2 aliphatic heterocycles. The van der Waals surface area contributed by atoms with Crippen LogP contribution in [0.5, 0.6) is 0 Å². The Kier molecular flexibility index (Phi) is 3.29. The number of amides is 1. The van der Waals surface area contributed by atoms with Gasteiger partial charge in [-0.1, -0.05) is 12.1 Å². The number of aromatic nitrogens is 2. The van der Waals surface area contributed by atoms with Gasteiger partial charge in [0.15, 0.2) is 5.69 Å². The molecule has 2 aromatic rings. The third kappa shape index (κ3) is 2.35. The number of carbonyl (C=O) groups excluding carboxylic acids is 2. The molecule has 6 nitrogen and oxygen atoms in total. The number of esters is 1. The van der Waals surface area contributed by atoms with Crippen LogP contribution in [0.3, 0.4) is 0 Å². The molecule has 0 spiro atoms. The smallest absolute Gasteiger partial charge is 0.359 e. The molecule has 0 unspecified atom stereocenters. The van der Waals surface area contributed by atoms with Gasteiger partial charge in [0.05, 0.1) is 23.0 Å². The van der Waals surface area contributed by atoms with Gasteiger partial charge in [0, 0.05) is 6.54 Å². The SMILES string of the molecule is Cc1cccc2c1C(=O)N1CC[C@H]1c1c(C(=O)OC(C)(C)C)ncn1-2. The number of imidazole rings is 1. The van der Waals surface area contributed by atoms with Crippen LogP contribution in [0.1, 0.15) is 65.3 Å². The lowest BCUT2D eigenvalue weighted by Gasteiger charge is -2.40. The molecule has 2 aliphatic rings. The first kappa shape index (κ1) is 15.9. The van der Waals surface area contributed by atoms with E-state index in [9.17, 15) is 9.59 Å². The van der Waals surface area contributed by atoms with Crippen LogP contribution in [0.15, 0.2) is 24.5 Å². The Morgan fingerprint density at radius 2 is 2.08 bits per heavy atom. The highest BCUT2D eigenvalue weighted by Crippen LogP contribution is 2.41. The second-order valence-corrected chi connectivity index (χ2v) is 7.62. The van der Waals surface area contributed by atoms with Gasteiger partial charge < -0.3 is 9.64 Å². The normalized spacial score (nSPS) is 18.6. The summed E-state index contributed by atoms with van der Waals surface area (Å²) in [6.45, 7) is 8.12. The summed E-state index contributed by atoms with van der Waals surface area (Å²) in [6, 6.07) is 5.61. The first-order chi connectivity index (χ1) is 11.8. The van der Waals surface area contributed by atoms with Crippen LogP contribution in [0.25, 0.3) is 5.69 Å². The van der Waals surface area contributed by atoms with Crippen molar-refractivity contribution >= 4 is 11.9 Å². The number of hydrogen-bond donors (Lipinski definition) is 0. The zero-order valence-electron chi connectivity index (χ0n) is 14.9. The maximum Gasteiger partial charge on any atom is 0.359 e. The Morgan fingerprint density at radius 1 is 1.32 bits per heavy atom. The highest BCUT2D eigenvalue weighted by atomic mass is 16.6. The summed E-state index contributed by atoms with van der Waals surface area (Å²) >= 11 is 0. The predicted molar refractivity (Wildman–Crippen MR) is 91.9 cm³/mol. The van der Waals surface area contributed by atoms with Gasteiger partial charge in [-0.05, 0) is 45.7 Å². The second kappa shape index (κ2) is 5.18. The van der Waals surface area contributed by atoms with Crippen molar-refractivity contribution in [3.63, 3.8) is 0 Å². The van der Waals surface area contributed by atoms with Crippen LogP contribution < -0.4 is 0 Å². The third-order valence-corrected chi connectivity index (χ3v) is 4.72. The molecule has 0 saturated carbocycles. The molecule has 1 amide bonds. The third-order valence-electron chi connectivity index (χ3n) is 4.72. The van der Waals surface area contributed by atoms with E-state index < -0.39 is 11.6 Å². The molecule has 0 radical (unpaired) electrons. The molecule has 0 aliphatic carbocycles. The molecule has 1 saturated heterocycles. The zero-order valence-corrected chi connectivity index (χ0v) is 14.9. The topological polar surface area (TPSA) is 64.4 Å². The molecule has 1 atom stereocenters. The fourth-order valence-electron chi connectivity index (χ4n) is 3.54. The second-order valence-electron chi connectivity index (χ2n) is 7.62. The van der Waals surface area contributed by atoms with Crippen LogP contribution in [0.4, 0.5) is 0 Å². The fraction of sp³-hybridized carbons (Fsp3) is 0.421. The summed E-state index contributed by atoms with van der Waals surface area (Å²) < 4.78 is 7.40. The van der Waals surface area contributed by atoms with E-state index in [1.807, 2.05) is 55.4 Å². The molecule has 0 bridgehead atoms. The first-order valence-corrected chi connectivity index (χ1v) is 8.49. The summed E-state index contributed by atoms with van der Waals surface area (Å²) in [5.74, 6) is -0.431. The number of hydrogen-bond acceptors (Lipinski definition) is 4. The van der Waals surface area contributed by atoms with Gasteiger partial charge >= 0.3 is 5.97 Å². The van der Waals surface area contributed by atoms with Gasteiger partial charge in [-0.15, -0.1) is 0 Å². The number of rotatable bonds is 1. The lowest BCUT2D eigenvalue weighted by Crippen LogP contribution is -2.45. The number of ether oxygens (including phenoxy) is 1. The largest absolute Gasteiger partial charge is 0.455 e. The maximum atomic E-state index is 13.0. The van der Waals surface area contributed by atoms with Crippen molar-refractivity contribution in [1.29, 1.82) is 0 Å². The highest BCUT2D eigenvalue weighted by Gasteiger charge is 2.43. The van der Waals surface area contributed by atoms with Crippen molar-refractivity contribution in [3.05, 3.63) is 47.0 Å². The van der Waals surface area contributed by atoms with E-state index in [-0.39, 0.29) is 11.9 Å². The van der Waals surface area contributed by atoms with Gasteiger partial charge in [-0.25, -0.2) is 9.78 Å². The average molecular weight is 339 g/mol. The number of nitrogens with zero attached hydrogens (tertiary/aromatic N) is 3. The van der Waals surface area contributed by atoms with Gasteiger partial charge in [-0.2, -0.15) is 0 Å². The summed E-state index contributed by atoms with van der Waals surface area (Å²) in [5.41, 5.74) is 2.83. The van der Waals surface area contributed by atoms with Crippen LogP contribution in [0, 0.1) is 6.92 Å². The monoisotopic (exact) mass is 339 g/mol. The van der Waals surface area contributed by atoms with E-state index in [4.69, 9.17) is 4.74 Å². The summed E-state index contributed by atoms with van der Waals surface area (Å²) in [7, 11) is 0. The van der Waals surface area contributed by atoms with Crippen LogP contribution in [-0.2, 0) is 4.74 Å². The maximum absolute atomic E-state index is 13.0. The molecule has 25 heavy (non-hydrogen) atoms. The summed E-state index contributed by atoms with van der Waals surface area (Å²) in [5, 5.41) is 0. The first-order valence-electron chi connectivity index (χ1n) is 8.49. The number of benzene rings is 1. The Hall–Kier alpha value is -2.63. The number of carbonyl (C=O) groups is 2. The van der Waals surface area contributed by atoms with Crippen molar-refractivity contribution in [2.75, 3.05) is 6.54 Å². The van der Waals surface area contributed by atoms with Crippen LogP contribution in [-0.4, -0.2) is 38.5 Å². The van der Waals surface area contributed by atoms with Gasteiger partial charge in [0.2, 0.25) is 0 Å². The van der Waals surface area contributed by atoms with E-state index in [0.29, 0.717) is 17.8 Å². The van der Waals surface area contributed by atoms with E-state index in [2.05, 4.69) is 4.98 Å². The highest BCUT2D eigenvalue weighted by molar-refractivity contribution is 6.01. The molecular formula is C19H21N3O3. The van der Waals surface area contributed by atoms with Crippen molar-refractivity contribution in [3.8, 4) is 5.69 Å². The summed E-state index contributed by atoms with van der Waals surface area (Å²) in [6.07, 6.45) is 2.45. The number of aryl methyl sites for hydroxylation is 1. The summed E-state index contributed by atoms with van der Waals surface area (Å²) in [4.78, 5) is 31.8. The Labute approximate surface area is 146 Å². The van der Waals surface area contributed by atoms with Crippen molar-refractivity contribution in [2.45, 2.75) is 45.8 Å². The molecule has 0 N–H and O–H groups in total. The molecule has 6 heteroatoms.